The fraction of sp³-hybridized carbons (Fsp3) is 0.462. The average molecular weight is 300 g/mol. The Labute approximate surface area is 123 Å². The molecule has 1 aliphatic rings. The van der Waals surface area contributed by atoms with E-state index in [1.807, 2.05) is 0 Å². The molecule has 1 amide bonds. The number of nitrogens with one attached hydrogen (secondary N) is 2. The number of amides is 1. The van der Waals surface area contributed by atoms with Crippen molar-refractivity contribution >= 4 is 24.0 Å². The third-order valence-corrected chi connectivity index (χ3v) is 3.27. The molecule has 2 N–H and O–H groups in total. The van der Waals surface area contributed by atoms with Gasteiger partial charge in [0.15, 0.2) is 0 Å². The lowest BCUT2D eigenvalue weighted by Crippen LogP contribution is -2.46. The Hall–Kier alpha value is -1.66. The zero-order valence-corrected chi connectivity index (χ0v) is 11.8. The molecule has 0 aliphatic carbocycles. The number of hydrogen-bond acceptors (Lipinski definition) is 4. The normalized spacial score (nSPS) is 17.9. The number of nitro benzene ring substituents is 1. The molecule has 7 heteroatoms. The van der Waals surface area contributed by atoms with Gasteiger partial charge < -0.3 is 10.6 Å². The summed E-state index contributed by atoms with van der Waals surface area (Å²) in [5.41, 5.74) is 0.566. The van der Waals surface area contributed by atoms with Crippen molar-refractivity contribution in [3.05, 3.63) is 39.9 Å². The van der Waals surface area contributed by atoms with E-state index < -0.39 is 4.92 Å². The molecule has 1 aromatic rings. The van der Waals surface area contributed by atoms with Crippen molar-refractivity contribution in [1.82, 2.24) is 10.6 Å². The summed E-state index contributed by atoms with van der Waals surface area (Å²) < 4.78 is 0. The molecule has 1 fully saturated rings. The summed E-state index contributed by atoms with van der Waals surface area (Å²) in [6.45, 7) is 1.04. The molecule has 1 atom stereocenters. The van der Waals surface area contributed by atoms with E-state index in [9.17, 15) is 14.9 Å². The van der Waals surface area contributed by atoms with Gasteiger partial charge in [0.05, 0.1) is 11.0 Å². The minimum absolute atomic E-state index is 0. The summed E-state index contributed by atoms with van der Waals surface area (Å²) in [7, 11) is 0. The highest BCUT2D eigenvalue weighted by Crippen LogP contribution is 2.17. The van der Waals surface area contributed by atoms with Crippen molar-refractivity contribution in [1.29, 1.82) is 0 Å². The number of carbonyl (C=O) groups excluding carboxylic acids is 1. The predicted octanol–water partition coefficient (Wildman–Crippen LogP) is 1.77. The SMILES string of the molecule is Cl.O=C(NCc1ccccc1[N+](=O)[O-])[C@@H]1CCCCN1. The Kier molecular flexibility index (Phi) is 6.41. The van der Waals surface area contributed by atoms with Gasteiger partial charge in [0.2, 0.25) is 5.91 Å². The zero-order valence-electron chi connectivity index (χ0n) is 11.0. The van der Waals surface area contributed by atoms with Crippen molar-refractivity contribution in [3.8, 4) is 0 Å². The van der Waals surface area contributed by atoms with E-state index >= 15 is 0 Å². The number of benzene rings is 1. The molecule has 0 bridgehead atoms. The van der Waals surface area contributed by atoms with Crippen LogP contribution < -0.4 is 10.6 Å². The van der Waals surface area contributed by atoms with Gasteiger partial charge in [0.25, 0.3) is 5.69 Å². The Morgan fingerprint density at radius 3 is 2.80 bits per heavy atom. The van der Waals surface area contributed by atoms with E-state index in [0.29, 0.717) is 5.56 Å². The molecule has 1 aliphatic heterocycles. The molecular formula is C13H18ClN3O3. The summed E-state index contributed by atoms with van der Waals surface area (Å²) >= 11 is 0. The topological polar surface area (TPSA) is 84.3 Å². The fourth-order valence-corrected chi connectivity index (χ4v) is 2.22. The molecule has 0 aromatic heterocycles. The van der Waals surface area contributed by atoms with Crippen LogP contribution in [0, 0.1) is 10.1 Å². The number of hydrogen-bond donors (Lipinski definition) is 2. The van der Waals surface area contributed by atoms with Gasteiger partial charge in [-0.05, 0) is 19.4 Å². The van der Waals surface area contributed by atoms with Gasteiger partial charge >= 0.3 is 0 Å². The minimum atomic E-state index is -0.430. The van der Waals surface area contributed by atoms with Crippen LogP contribution in [0.25, 0.3) is 0 Å². The molecule has 0 radical (unpaired) electrons. The van der Waals surface area contributed by atoms with Crippen LogP contribution in [0.2, 0.25) is 0 Å². The first kappa shape index (κ1) is 16.4. The third-order valence-electron chi connectivity index (χ3n) is 3.27. The quantitative estimate of drug-likeness (QED) is 0.655. The van der Waals surface area contributed by atoms with Crippen molar-refractivity contribution in [2.75, 3.05) is 6.54 Å². The number of nitrogens with zero attached hydrogens (tertiary/aromatic N) is 1. The second kappa shape index (κ2) is 7.81. The molecule has 1 aromatic carbocycles. The largest absolute Gasteiger partial charge is 0.350 e. The molecule has 0 unspecified atom stereocenters. The Balaban J connectivity index is 0.00000200. The highest BCUT2D eigenvalue weighted by Gasteiger charge is 2.21. The molecule has 2 rings (SSSR count). The van der Waals surface area contributed by atoms with Crippen LogP contribution in [0.15, 0.2) is 24.3 Å². The molecule has 0 saturated carbocycles. The first-order valence-electron chi connectivity index (χ1n) is 6.42. The lowest BCUT2D eigenvalue weighted by atomic mass is 10.0. The van der Waals surface area contributed by atoms with Gasteiger partial charge in [0.1, 0.15) is 0 Å². The molecule has 110 valence electrons. The Bertz CT molecular complexity index is 476. The smallest absolute Gasteiger partial charge is 0.274 e. The van der Waals surface area contributed by atoms with Gasteiger partial charge in [-0.2, -0.15) is 0 Å². The van der Waals surface area contributed by atoms with Crippen molar-refractivity contribution in [2.24, 2.45) is 0 Å². The summed E-state index contributed by atoms with van der Waals surface area (Å²) in [5, 5.41) is 16.8. The van der Waals surface area contributed by atoms with Crippen LogP contribution in [-0.2, 0) is 11.3 Å². The standard InChI is InChI=1S/C13H17N3O3.ClH/c17-13(11-6-3-4-8-14-11)15-9-10-5-1-2-7-12(10)16(18)19;/h1-2,5,7,11,14H,3-4,6,8-9H2,(H,15,17);1H/t11-;/m0./s1. The average Bonchev–Trinajstić information content (AvgIpc) is 2.46. The van der Waals surface area contributed by atoms with E-state index in [4.69, 9.17) is 0 Å². The number of nitro groups is 1. The van der Waals surface area contributed by atoms with Crippen LogP contribution in [0.3, 0.4) is 0 Å². The summed E-state index contributed by atoms with van der Waals surface area (Å²) in [4.78, 5) is 22.3. The van der Waals surface area contributed by atoms with Crippen LogP contribution in [0.4, 0.5) is 5.69 Å². The lowest BCUT2D eigenvalue weighted by Gasteiger charge is -2.22. The number of piperidine rings is 1. The van der Waals surface area contributed by atoms with Gasteiger partial charge in [-0.15, -0.1) is 12.4 Å². The van der Waals surface area contributed by atoms with E-state index in [0.717, 1.165) is 25.8 Å². The Morgan fingerprint density at radius 2 is 2.15 bits per heavy atom. The zero-order chi connectivity index (χ0) is 13.7. The summed E-state index contributed by atoms with van der Waals surface area (Å²) in [5.74, 6) is -0.0853. The van der Waals surface area contributed by atoms with Crippen molar-refractivity contribution in [2.45, 2.75) is 31.8 Å². The summed E-state index contributed by atoms with van der Waals surface area (Å²) in [6, 6.07) is 6.28. The van der Waals surface area contributed by atoms with Crippen LogP contribution in [0.5, 0.6) is 0 Å². The maximum absolute atomic E-state index is 11.9. The van der Waals surface area contributed by atoms with E-state index in [-0.39, 0.29) is 36.6 Å². The van der Waals surface area contributed by atoms with Crippen LogP contribution >= 0.6 is 12.4 Å². The maximum Gasteiger partial charge on any atom is 0.274 e. The highest BCUT2D eigenvalue weighted by molar-refractivity contribution is 5.85. The number of carbonyl (C=O) groups is 1. The fourth-order valence-electron chi connectivity index (χ4n) is 2.22. The highest BCUT2D eigenvalue weighted by atomic mass is 35.5. The lowest BCUT2D eigenvalue weighted by molar-refractivity contribution is -0.385. The molecular weight excluding hydrogens is 282 g/mol. The molecule has 1 saturated heterocycles. The summed E-state index contributed by atoms with van der Waals surface area (Å²) in [6.07, 6.45) is 2.95. The monoisotopic (exact) mass is 299 g/mol. The minimum Gasteiger partial charge on any atom is -0.350 e. The molecule has 6 nitrogen and oxygen atoms in total. The molecule has 1 heterocycles. The van der Waals surface area contributed by atoms with E-state index in [1.165, 1.54) is 6.07 Å². The van der Waals surface area contributed by atoms with Crippen molar-refractivity contribution in [3.63, 3.8) is 0 Å². The second-order valence-corrected chi connectivity index (χ2v) is 4.61. The van der Waals surface area contributed by atoms with Crippen LogP contribution in [0.1, 0.15) is 24.8 Å². The molecule has 0 spiro atoms. The number of halogens is 1. The maximum atomic E-state index is 11.9. The number of para-hydroxylation sites is 1. The van der Waals surface area contributed by atoms with Crippen LogP contribution in [-0.4, -0.2) is 23.4 Å². The van der Waals surface area contributed by atoms with Crippen molar-refractivity contribution < 1.29 is 9.72 Å². The second-order valence-electron chi connectivity index (χ2n) is 4.61. The number of rotatable bonds is 4. The first-order chi connectivity index (χ1) is 9.18. The predicted molar refractivity (Wildman–Crippen MR) is 77.8 cm³/mol. The van der Waals surface area contributed by atoms with E-state index in [2.05, 4.69) is 10.6 Å². The first-order valence-corrected chi connectivity index (χ1v) is 6.42. The Morgan fingerprint density at radius 1 is 1.40 bits per heavy atom. The van der Waals surface area contributed by atoms with Gasteiger partial charge in [-0.1, -0.05) is 24.6 Å². The molecule has 20 heavy (non-hydrogen) atoms. The van der Waals surface area contributed by atoms with Gasteiger partial charge in [-0.3, -0.25) is 14.9 Å². The van der Waals surface area contributed by atoms with Gasteiger partial charge in [0, 0.05) is 18.2 Å². The third kappa shape index (κ3) is 4.18. The van der Waals surface area contributed by atoms with Gasteiger partial charge in [-0.25, -0.2) is 0 Å². The van der Waals surface area contributed by atoms with E-state index in [1.54, 1.807) is 18.2 Å².